The maximum absolute atomic E-state index is 11.9. The summed E-state index contributed by atoms with van der Waals surface area (Å²) >= 11 is 0. The highest BCUT2D eigenvalue weighted by atomic mass is 16.5. The van der Waals surface area contributed by atoms with Crippen molar-refractivity contribution in [2.45, 2.75) is 20.3 Å². The Morgan fingerprint density at radius 3 is 2.65 bits per heavy atom. The van der Waals surface area contributed by atoms with Gasteiger partial charge in [-0.25, -0.2) is 0 Å². The third kappa shape index (κ3) is 5.33. The quantitative estimate of drug-likeness (QED) is 0.826. The molecule has 0 unspecified atom stereocenters. The van der Waals surface area contributed by atoms with E-state index in [0.717, 1.165) is 23.4 Å². The Bertz CT molecular complexity index is 668. The summed E-state index contributed by atoms with van der Waals surface area (Å²) in [5, 5.41) is 6.07. The topological polar surface area (TPSA) is 50.4 Å². The SMILES string of the molecule is COc1cccc(CCNC(=O)CNc2ccc(C)c(C)c2)c1. The van der Waals surface area contributed by atoms with Gasteiger partial charge in [0.15, 0.2) is 0 Å². The molecule has 1 amide bonds. The number of hydrogen-bond acceptors (Lipinski definition) is 3. The average molecular weight is 312 g/mol. The number of aryl methyl sites for hydroxylation is 2. The number of amides is 1. The minimum absolute atomic E-state index is 0.00822. The van der Waals surface area contributed by atoms with Crippen LogP contribution in [0.25, 0.3) is 0 Å². The number of rotatable bonds is 7. The van der Waals surface area contributed by atoms with Gasteiger partial charge in [0, 0.05) is 12.2 Å². The van der Waals surface area contributed by atoms with Gasteiger partial charge in [-0.3, -0.25) is 4.79 Å². The summed E-state index contributed by atoms with van der Waals surface area (Å²) in [4.78, 5) is 11.9. The Hall–Kier alpha value is -2.49. The zero-order valence-electron chi connectivity index (χ0n) is 14.0. The lowest BCUT2D eigenvalue weighted by Gasteiger charge is -2.10. The highest BCUT2D eigenvalue weighted by Gasteiger charge is 2.02. The highest BCUT2D eigenvalue weighted by molar-refractivity contribution is 5.80. The number of nitrogens with one attached hydrogen (secondary N) is 2. The second-order valence-corrected chi connectivity index (χ2v) is 5.60. The van der Waals surface area contributed by atoms with Crippen LogP contribution < -0.4 is 15.4 Å². The summed E-state index contributed by atoms with van der Waals surface area (Å²) in [6.45, 7) is 5.03. The van der Waals surface area contributed by atoms with Crippen molar-refractivity contribution in [1.29, 1.82) is 0 Å². The Morgan fingerprint density at radius 1 is 1.09 bits per heavy atom. The molecule has 23 heavy (non-hydrogen) atoms. The fourth-order valence-electron chi connectivity index (χ4n) is 2.27. The number of benzene rings is 2. The van der Waals surface area contributed by atoms with Crippen LogP contribution in [0.4, 0.5) is 5.69 Å². The number of methoxy groups -OCH3 is 1. The van der Waals surface area contributed by atoms with Crippen molar-refractivity contribution in [1.82, 2.24) is 5.32 Å². The molecule has 2 N–H and O–H groups in total. The second-order valence-electron chi connectivity index (χ2n) is 5.60. The number of carbonyl (C=O) groups excluding carboxylic acids is 1. The standard InChI is InChI=1S/C19H24N2O2/c1-14-7-8-17(11-15(14)2)21-13-19(22)20-10-9-16-5-4-6-18(12-16)23-3/h4-8,11-12,21H,9-10,13H2,1-3H3,(H,20,22). The van der Waals surface area contributed by atoms with E-state index in [1.54, 1.807) is 7.11 Å². The van der Waals surface area contributed by atoms with Gasteiger partial charge in [0.1, 0.15) is 5.75 Å². The number of carbonyl (C=O) groups is 1. The molecule has 0 saturated heterocycles. The number of ether oxygens (including phenoxy) is 1. The molecule has 2 rings (SSSR count). The van der Waals surface area contributed by atoms with Gasteiger partial charge in [0.05, 0.1) is 13.7 Å². The van der Waals surface area contributed by atoms with E-state index in [1.165, 1.54) is 11.1 Å². The summed E-state index contributed by atoms with van der Waals surface area (Å²) in [6, 6.07) is 14.0. The molecule has 0 aromatic heterocycles. The lowest BCUT2D eigenvalue weighted by atomic mass is 10.1. The molecule has 0 saturated carbocycles. The van der Waals surface area contributed by atoms with Crippen LogP contribution in [0.3, 0.4) is 0 Å². The number of anilines is 1. The van der Waals surface area contributed by atoms with E-state index in [4.69, 9.17) is 4.74 Å². The van der Waals surface area contributed by atoms with Crippen LogP contribution in [-0.4, -0.2) is 26.1 Å². The van der Waals surface area contributed by atoms with Gasteiger partial charge >= 0.3 is 0 Å². The molecule has 0 spiro atoms. The minimum Gasteiger partial charge on any atom is -0.497 e. The van der Waals surface area contributed by atoms with Crippen LogP contribution in [-0.2, 0) is 11.2 Å². The summed E-state index contributed by atoms with van der Waals surface area (Å²) in [7, 11) is 1.65. The average Bonchev–Trinajstić information content (AvgIpc) is 2.56. The van der Waals surface area contributed by atoms with Crippen molar-refractivity contribution in [2.75, 3.05) is 25.5 Å². The minimum atomic E-state index is -0.00822. The van der Waals surface area contributed by atoms with Gasteiger partial charge in [-0.1, -0.05) is 18.2 Å². The largest absolute Gasteiger partial charge is 0.497 e. The zero-order valence-corrected chi connectivity index (χ0v) is 14.0. The van der Waals surface area contributed by atoms with Gasteiger partial charge < -0.3 is 15.4 Å². The molecule has 2 aromatic rings. The predicted molar refractivity (Wildman–Crippen MR) is 94.1 cm³/mol. The molecule has 0 radical (unpaired) electrons. The fraction of sp³-hybridized carbons (Fsp3) is 0.316. The maximum Gasteiger partial charge on any atom is 0.239 e. The van der Waals surface area contributed by atoms with Crippen molar-refractivity contribution >= 4 is 11.6 Å². The van der Waals surface area contributed by atoms with Crippen molar-refractivity contribution in [3.63, 3.8) is 0 Å². The second kappa shape index (κ2) is 8.22. The van der Waals surface area contributed by atoms with Crippen molar-refractivity contribution in [3.05, 3.63) is 59.2 Å². The first kappa shape index (κ1) is 16.9. The van der Waals surface area contributed by atoms with E-state index < -0.39 is 0 Å². The summed E-state index contributed by atoms with van der Waals surface area (Å²) in [5.74, 6) is 0.830. The maximum atomic E-state index is 11.9. The molecule has 4 heteroatoms. The van der Waals surface area contributed by atoms with Gasteiger partial charge in [-0.15, -0.1) is 0 Å². The molecule has 2 aromatic carbocycles. The summed E-state index contributed by atoms with van der Waals surface area (Å²) in [5.41, 5.74) is 4.58. The van der Waals surface area contributed by atoms with Gasteiger partial charge in [0.2, 0.25) is 5.91 Å². The van der Waals surface area contributed by atoms with E-state index in [1.807, 2.05) is 30.3 Å². The molecular formula is C19H24N2O2. The van der Waals surface area contributed by atoms with Crippen molar-refractivity contribution < 1.29 is 9.53 Å². The van der Waals surface area contributed by atoms with Crippen LogP contribution in [0.2, 0.25) is 0 Å². The van der Waals surface area contributed by atoms with Gasteiger partial charge in [-0.05, 0) is 61.2 Å². The molecule has 0 heterocycles. The Kier molecular flexibility index (Phi) is 6.03. The first-order valence-electron chi connectivity index (χ1n) is 7.79. The molecule has 0 aliphatic rings. The molecular weight excluding hydrogens is 288 g/mol. The Morgan fingerprint density at radius 2 is 1.91 bits per heavy atom. The Labute approximate surface area is 137 Å². The Balaban J connectivity index is 1.73. The molecule has 0 aliphatic carbocycles. The van der Waals surface area contributed by atoms with Crippen molar-refractivity contribution in [3.8, 4) is 5.75 Å². The summed E-state index contributed by atoms with van der Waals surface area (Å²) < 4.78 is 5.19. The fourth-order valence-corrected chi connectivity index (χ4v) is 2.27. The molecule has 0 aliphatic heterocycles. The third-order valence-corrected chi connectivity index (χ3v) is 3.83. The first-order chi connectivity index (χ1) is 11.1. The van der Waals surface area contributed by atoms with E-state index >= 15 is 0 Å². The van der Waals surface area contributed by atoms with Crippen molar-refractivity contribution in [2.24, 2.45) is 0 Å². The lowest BCUT2D eigenvalue weighted by Crippen LogP contribution is -2.31. The lowest BCUT2D eigenvalue weighted by molar-refractivity contribution is -0.119. The van der Waals surface area contributed by atoms with Crippen LogP contribution in [0.5, 0.6) is 5.75 Å². The van der Waals surface area contributed by atoms with Crippen LogP contribution in [0, 0.1) is 13.8 Å². The monoisotopic (exact) mass is 312 g/mol. The van der Waals surface area contributed by atoms with E-state index in [0.29, 0.717) is 6.54 Å². The smallest absolute Gasteiger partial charge is 0.239 e. The molecule has 0 bridgehead atoms. The van der Waals surface area contributed by atoms with E-state index in [2.05, 4.69) is 36.6 Å². The van der Waals surface area contributed by atoms with Gasteiger partial charge in [-0.2, -0.15) is 0 Å². The normalized spacial score (nSPS) is 10.2. The first-order valence-corrected chi connectivity index (χ1v) is 7.79. The molecule has 4 nitrogen and oxygen atoms in total. The van der Waals surface area contributed by atoms with Crippen LogP contribution >= 0.6 is 0 Å². The zero-order chi connectivity index (χ0) is 16.7. The van der Waals surface area contributed by atoms with Crippen LogP contribution in [0.1, 0.15) is 16.7 Å². The molecule has 122 valence electrons. The van der Waals surface area contributed by atoms with Gasteiger partial charge in [0.25, 0.3) is 0 Å². The highest BCUT2D eigenvalue weighted by Crippen LogP contribution is 2.14. The van der Waals surface area contributed by atoms with E-state index in [9.17, 15) is 4.79 Å². The summed E-state index contributed by atoms with van der Waals surface area (Å²) in [6.07, 6.45) is 0.784. The predicted octanol–water partition coefficient (Wildman–Crippen LogP) is 3.08. The third-order valence-electron chi connectivity index (χ3n) is 3.83. The molecule has 0 fully saturated rings. The number of hydrogen-bond donors (Lipinski definition) is 2. The van der Waals surface area contributed by atoms with E-state index in [-0.39, 0.29) is 12.5 Å². The molecule has 0 atom stereocenters. The van der Waals surface area contributed by atoms with Crippen LogP contribution in [0.15, 0.2) is 42.5 Å².